The Morgan fingerprint density at radius 2 is 2.06 bits per heavy atom. The summed E-state index contributed by atoms with van der Waals surface area (Å²) in [5.41, 5.74) is 1.87. The third kappa shape index (κ3) is 1.28. The molecule has 1 amide bonds. The Labute approximate surface area is 94.3 Å². The highest BCUT2D eigenvalue weighted by atomic mass is 16.5. The lowest BCUT2D eigenvalue weighted by atomic mass is 10.2. The fourth-order valence-corrected chi connectivity index (χ4v) is 2.35. The molecule has 0 spiro atoms. The molecular formula is C13H13NO2. The van der Waals surface area contributed by atoms with Gasteiger partial charge in [-0.2, -0.15) is 0 Å². The zero-order chi connectivity index (χ0) is 11.1. The lowest BCUT2D eigenvalue weighted by Gasteiger charge is -2.22. The number of nitrogens with zero attached hydrogens (tertiary/aromatic N) is 1. The van der Waals surface area contributed by atoms with Gasteiger partial charge in [-0.3, -0.25) is 4.79 Å². The van der Waals surface area contributed by atoms with Crippen molar-refractivity contribution in [1.29, 1.82) is 0 Å². The number of hydrogen-bond donors (Lipinski definition) is 0. The molecule has 16 heavy (non-hydrogen) atoms. The molecule has 0 aliphatic carbocycles. The number of rotatable bonds is 1. The maximum absolute atomic E-state index is 11.9. The van der Waals surface area contributed by atoms with Crippen LogP contribution in [-0.4, -0.2) is 23.5 Å². The number of carbonyl (C=O) groups excluding carboxylic acids is 1. The van der Waals surface area contributed by atoms with E-state index < -0.39 is 0 Å². The number of carbonyl (C=O) groups is 1. The first-order valence-electron chi connectivity index (χ1n) is 5.45. The van der Waals surface area contributed by atoms with E-state index in [2.05, 4.69) is 0 Å². The van der Waals surface area contributed by atoms with Crippen LogP contribution in [0.1, 0.15) is 18.7 Å². The summed E-state index contributed by atoms with van der Waals surface area (Å²) in [4.78, 5) is 13.8. The number of fused-ring (bicyclic) bond motifs is 1. The predicted molar refractivity (Wildman–Crippen MR) is 59.5 cm³/mol. The quantitative estimate of drug-likeness (QED) is 0.715. The van der Waals surface area contributed by atoms with Gasteiger partial charge < -0.3 is 9.64 Å². The Balaban J connectivity index is 1.93. The molecule has 0 bridgehead atoms. The molecule has 0 N–H and O–H groups in total. The minimum absolute atomic E-state index is 0.0938. The normalized spacial score (nSPS) is 28.2. The summed E-state index contributed by atoms with van der Waals surface area (Å²) in [5, 5.41) is 0. The first-order chi connectivity index (χ1) is 7.77. The monoisotopic (exact) mass is 215 g/mol. The molecule has 2 aliphatic heterocycles. The molecule has 2 atom stereocenters. The lowest BCUT2D eigenvalue weighted by molar-refractivity contribution is -0.131. The summed E-state index contributed by atoms with van der Waals surface area (Å²) >= 11 is 0. The third-order valence-electron chi connectivity index (χ3n) is 3.13. The highest BCUT2D eigenvalue weighted by Crippen LogP contribution is 2.36. The van der Waals surface area contributed by atoms with E-state index in [1.807, 2.05) is 48.2 Å². The topological polar surface area (TPSA) is 29.5 Å². The van der Waals surface area contributed by atoms with Crippen molar-refractivity contribution in [2.24, 2.45) is 0 Å². The molecule has 3 rings (SSSR count). The number of hydrogen-bond acceptors (Lipinski definition) is 2. The molecule has 1 fully saturated rings. The Morgan fingerprint density at radius 1 is 1.31 bits per heavy atom. The summed E-state index contributed by atoms with van der Waals surface area (Å²) in [7, 11) is 0. The second kappa shape index (κ2) is 3.46. The zero-order valence-corrected chi connectivity index (χ0v) is 9.09. The molecule has 0 saturated carbocycles. The zero-order valence-electron chi connectivity index (χ0n) is 9.09. The Morgan fingerprint density at radius 3 is 2.81 bits per heavy atom. The molecule has 2 heterocycles. The van der Waals surface area contributed by atoms with Gasteiger partial charge in [-0.05, 0) is 6.92 Å². The van der Waals surface area contributed by atoms with Crippen molar-refractivity contribution in [1.82, 2.24) is 4.90 Å². The number of amides is 1. The fourth-order valence-electron chi connectivity index (χ4n) is 2.35. The van der Waals surface area contributed by atoms with E-state index in [4.69, 9.17) is 4.74 Å². The molecule has 0 aromatic heterocycles. The molecule has 1 saturated heterocycles. The van der Waals surface area contributed by atoms with Gasteiger partial charge in [0.25, 0.3) is 5.91 Å². The van der Waals surface area contributed by atoms with Crippen LogP contribution in [0.3, 0.4) is 0 Å². The molecule has 1 aromatic carbocycles. The van der Waals surface area contributed by atoms with Crippen molar-refractivity contribution < 1.29 is 9.53 Å². The van der Waals surface area contributed by atoms with Crippen molar-refractivity contribution in [3.8, 4) is 0 Å². The predicted octanol–water partition coefficient (Wildman–Crippen LogP) is 1.87. The van der Waals surface area contributed by atoms with Crippen LogP contribution < -0.4 is 0 Å². The maximum Gasteiger partial charge on any atom is 0.252 e. The van der Waals surface area contributed by atoms with Crippen LogP contribution in [-0.2, 0) is 9.53 Å². The average molecular weight is 215 g/mol. The van der Waals surface area contributed by atoms with Gasteiger partial charge in [0.05, 0.1) is 12.6 Å². The van der Waals surface area contributed by atoms with Crippen LogP contribution in [0, 0.1) is 0 Å². The van der Waals surface area contributed by atoms with Gasteiger partial charge in [0.1, 0.15) is 0 Å². The summed E-state index contributed by atoms with van der Waals surface area (Å²) in [6.07, 6.45) is 1.78. The smallest absolute Gasteiger partial charge is 0.252 e. The van der Waals surface area contributed by atoms with Crippen molar-refractivity contribution in [2.75, 3.05) is 6.61 Å². The molecule has 1 aromatic rings. The molecule has 2 unspecified atom stereocenters. The molecule has 3 nitrogen and oxygen atoms in total. The van der Waals surface area contributed by atoms with Crippen LogP contribution >= 0.6 is 0 Å². The van der Waals surface area contributed by atoms with E-state index in [0.717, 1.165) is 11.1 Å². The summed E-state index contributed by atoms with van der Waals surface area (Å²) in [6.45, 7) is 2.46. The Hall–Kier alpha value is -1.61. The SMILES string of the molecule is CC1=CC2COC(c3ccccc3)N2C1=O. The average Bonchev–Trinajstić information content (AvgIpc) is 2.83. The molecule has 82 valence electrons. The van der Waals surface area contributed by atoms with Gasteiger partial charge in [0, 0.05) is 11.1 Å². The summed E-state index contributed by atoms with van der Waals surface area (Å²) in [5.74, 6) is 0.0938. The van der Waals surface area contributed by atoms with Crippen LogP contribution in [0.5, 0.6) is 0 Å². The van der Waals surface area contributed by atoms with Crippen LogP contribution in [0.15, 0.2) is 42.0 Å². The van der Waals surface area contributed by atoms with E-state index in [1.165, 1.54) is 0 Å². The highest BCUT2D eigenvalue weighted by molar-refractivity contribution is 5.96. The molecule has 0 radical (unpaired) electrons. The molecule has 2 aliphatic rings. The maximum atomic E-state index is 11.9. The van der Waals surface area contributed by atoms with Crippen molar-refractivity contribution in [2.45, 2.75) is 19.2 Å². The van der Waals surface area contributed by atoms with Crippen molar-refractivity contribution in [3.63, 3.8) is 0 Å². The van der Waals surface area contributed by atoms with E-state index in [1.54, 1.807) is 0 Å². The number of ether oxygens (including phenoxy) is 1. The summed E-state index contributed by atoms with van der Waals surface area (Å²) in [6, 6.07) is 10.0. The minimum Gasteiger partial charge on any atom is -0.351 e. The molecule has 3 heteroatoms. The first kappa shape index (κ1) is 9.60. The van der Waals surface area contributed by atoms with Crippen LogP contribution in [0.2, 0.25) is 0 Å². The van der Waals surface area contributed by atoms with Gasteiger partial charge >= 0.3 is 0 Å². The van der Waals surface area contributed by atoms with Gasteiger partial charge in [-0.15, -0.1) is 0 Å². The second-order valence-corrected chi connectivity index (χ2v) is 4.23. The van der Waals surface area contributed by atoms with Crippen LogP contribution in [0.4, 0.5) is 0 Å². The van der Waals surface area contributed by atoms with E-state index in [0.29, 0.717) is 6.61 Å². The lowest BCUT2D eigenvalue weighted by Crippen LogP contribution is -2.32. The standard InChI is InChI=1S/C13H13NO2/c1-9-7-11-8-16-13(14(11)12(9)15)10-5-3-2-4-6-10/h2-7,11,13H,8H2,1H3. The van der Waals surface area contributed by atoms with E-state index in [9.17, 15) is 4.79 Å². The largest absolute Gasteiger partial charge is 0.351 e. The van der Waals surface area contributed by atoms with Crippen molar-refractivity contribution in [3.05, 3.63) is 47.5 Å². The molecular weight excluding hydrogens is 202 g/mol. The van der Waals surface area contributed by atoms with E-state index >= 15 is 0 Å². The van der Waals surface area contributed by atoms with Gasteiger partial charge in [-0.1, -0.05) is 36.4 Å². The third-order valence-corrected chi connectivity index (χ3v) is 3.13. The Kier molecular flexibility index (Phi) is 2.07. The Bertz CT molecular complexity index is 452. The number of benzene rings is 1. The van der Waals surface area contributed by atoms with Gasteiger partial charge in [0.2, 0.25) is 0 Å². The first-order valence-corrected chi connectivity index (χ1v) is 5.45. The minimum atomic E-state index is -0.215. The van der Waals surface area contributed by atoms with Gasteiger partial charge in [-0.25, -0.2) is 0 Å². The highest BCUT2D eigenvalue weighted by Gasteiger charge is 2.42. The van der Waals surface area contributed by atoms with Crippen molar-refractivity contribution >= 4 is 5.91 Å². The van der Waals surface area contributed by atoms with Gasteiger partial charge in [0.15, 0.2) is 6.23 Å². The second-order valence-electron chi connectivity index (χ2n) is 4.23. The fraction of sp³-hybridized carbons (Fsp3) is 0.308. The van der Waals surface area contributed by atoms with E-state index in [-0.39, 0.29) is 18.2 Å². The summed E-state index contributed by atoms with van der Waals surface area (Å²) < 4.78 is 5.69. The van der Waals surface area contributed by atoms with Crippen LogP contribution in [0.25, 0.3) is 0 Å².